The number of nitrogens with zero attached hydrogens (tertiary/aromatic N) is 1. The number of rotatable bonds is 7. The summed E-state index contributed by atoms with van der Waals surface area (Å²) >= 11 is 0. The zero-order chi connectivity index (χ0) is 17.5. The highest BCUT2D eigenvalue weighted by Gasteiger charge is 2.30. The number of piperidine rings is 1. The van der Waals surface area contributed by atoms with Crippen LogP contribution in [0.15, 0.2) is 30.3 Å². The van der Waals surface area contributed by atoms with Gasteiger partial charge in [0.25, 0.3) is 0 Å². The largest absolute Gasteiger partial charge is 0.371 e. The first-order valence-electron chi connectivity index (χ1n) is 9.58. The lowest BCUT2D eigenvalue weighted by atomic mass is 10.1. The SMILES string of the molecule is CN(CC(=O)N[C@@H]1CCC[C@H]1OCc1ccccc1)C1CCNCC1. The van der Waals surface area contributed by atoms with Crippen LogP contribution in [0.3, 0.4) is 0 Å². The minimum atomic E-state index is 0.126. The molecule has 1 saturated carbocycles. The summed E-state index contributed by atoms with van der Waals surface area (Å²) in [7, 11) is 2.06. The number of hydrogen-bond donors (Lipinski definition) is 2. The zero-order valence-corrected chi connectivity index (χ0v) is 15.2. The molecule has 2 atom stereocenters. The molecule has 1 aliphatic heterocycles. The van der Waals surface area contributed by atoms with Gasteiger partial charge in [0.05, 0.1) is 25.3 Å². The van der Waals surface area contributed by atoms with Gasteiger partial charge in [0, 0.05) is 6.04 Å². The number of carbonyl (C=O) groups excluding carboxylic acids is 1. The van der Waals surface area contributed by atoms with Crippen molar-refractivity contribution >= 4 is 5.91 Å². The average molecular weight is 345 g/mol. The van der Waals surface area contributed by atoms with Crippen molar-refractivity contribution in [3.8, 4) is 0 Å². The lowest BCUT2D eigenvalue weighted by Gasteiger charge is -2.31. The molecular formula is C20H31N3O2. The number of ether oxygens (including phenoxy) is 1. The van der Waals surface area contributed by atoms with E-state index >= 15 is 0 Å². The topological polar surface area (TPSA) is 53.6 Å². The van der Waals surface area contributed by atoms with Gasteiger partial charge < -0.3 is 15.4 Å². The molecule has 5 nitrogen and oxygen atoms in total. The predicted molar refractivity (Wildman–Crippen MR) is 99.3 cm³/mol. The van der Waals surface area contributed by atoms with E-state index in [2.05, 4.69) is 34.7 Å². The predicted octanol–water partition coefficient (Wildman–Crippen LogP) is 1.92. The highest BCUT2D eigenvalue weighted by molar-refractivity contribution is 5.78. The first-order valence-corrected chi connectivity index (χ1v) is 9.58. The highest BCUT2D eigenvalue weighted by atomic mass is 16.5. The van der Waals surface area contributed by atoms with Gasteiger partial charge in [-0.2, -0.15) is 0 Å². The van der Waals surface area contributed by atoms with Crippen LogP contribution in [0.5, 0.6) is 0 Å². The van der Waals surface area contributed by atoms with Crippen LogP contribution in [0.2, 0.25) is 0 Å². The Bertz CT molecular complexity index is 531. The summed E-state index contributed by atoms with van der Waals surface area (Å²) in [5, 5.41) is 6.59. The Morgan fingerprint density at radius 2 is 1.96 bits per heavy atom. The van der Waals surface area contributed by atoms with Crippen LogP contribution in [-0.2, 0) is 16.1 Å². The molecule has 3 rings (SSSR count). The minimum Gasteiger partial charge on any atom is -0.371 e. The van der Waals surface area contributed by atoms with Crippen molar-refractivity contribution in [1.29, 1.82) is 0 Å². The van der Waals surface area contributed by atoms with Crippen LogP contribution in [0, 0.1) is 0 Å². The van der Waals surface area contributed by atoms with E-state index in [1.807, 2.05) is 18.2 Å². The van der Waals surface area contributed by atoms with E-state index in [0.717, 1.165) is 45.2 Å². The maximum Gasteiger partial charge on any atom is 0.234 e. The number of carbonyl (C=O) groups is 1. The van der Waals surface area contributed by atoms with Crippen LogP contribution in [0.1, 0.15) is 37.7 Å². The monoisotopic (exact) mass is 345 g/mol. The van der Waals surface area contributed by atoms with Crippen molar-refractivity contribution in [2.45, 2.75) is 56.9 Å². The fraction of sp³-hybridized carbons (Fsp3) is 0.650. The average Bonchev–Trinajstić information content (AvgIpc) is 3.08. The van der Waals surface area contributed by atoms with Crippen molar-refractivity contribution in [1.82, 2.24) is 15.5 Å². The maximum atomic E-state index is 12.4. The molecule has 1 saturated heterocycles. The summed E-state index contributed by atoms with van der Waals surface area (Å²) in [4.78, 5) is 14.6. The molecular weight excluding hydrogens is 314 g/mol. The number of likely N-dealkylation sites (N-methyl/N-ethyl adjacent to an activating group) is 1. The van der Waals surface area contributed by atoms with Gasteiger partial charge in [-0.15, -0.1) is 0 Å². The smallest absolute Gasteiger partial charge is 0.234 e. The second kappa shape index (κ2) is 9.32. The van der Waals surface area contributed by atoms with E-state index in [-0.39, 0.29) is 18.1 Å². The Labute approximate surface area is 151 Å². The molecule has 0 spiro atoms. The van der Waals surface area contributed by atoms with Gasteiger partial charge in [-0.25, -0.2) is 0 Å². The quantitative estimate of drug-likeness (QED) is 0.793. The summed E-state index contributed by atoms with van der Waals surface area (Å²) in [5.74, 6) is 0.126. The summed E-state index contributed by atoms with van der Waals surface area (Å²) < 4.78 is 6.09. The fourth-order valence-corrected chi connectivity index (χ4v) is 3.92. The molecule has 0 radical (unpaired) electrons. The Hall–Kier alpha value is -1.43. The van der Waals surface area contributed by atoms with Gasteiger partial charge in [-0.05, 0) is 57.8 Å². The molecule has 0 unspecified atom stereocenters. The van der Waals surface area contributed by atoms with Crippen LogP contribution in [-0.4, -0.2) is 55.7 Å². The van der Waals surface area contributed by atoms with Crippen molar-refractivity contribution in [3.63, 3.8) is 0 Å². The molecule has 0 bridgehead atoms. The molecule has 1 aromatic carbocycles. The third kappa shape index (κ3) is 5.53. The molecule has 2 N–H and O–H groups in total. The maximum absolute atomic E-state index is 12.4. The number of benzene rings is 1. The Balaban J connectivity index is 1.43. The van der Waals surface area contributed by atoms with E-state index in [0.29, 0.717) is 19.2 Å². The molecule has 2 aliphatic rings. The van der Waals surface area contributed by atoms with Crippen LogP contribution in [0.25, 0.3) is 0 Å². The molecule has 1 aromatic rings. The Kier molecular flexibility index (Phi) is 6.84. The molecule has 0 aromatic heterocycles. The van der Waals surface area contributed by atoms with E-state index in [9.17, 15) is 4.79 Å². The Morgan fingerprint density at radius 1 is 1.20 bits per heavy atom. The second-order valence-electron chi connectivity index (χ2n) is 7.34. The summed E-state index contributed by atoms with van der Waals surface area (Å²) in [5.41, 5.74) is 1.19. The minimum absolute atomic E-state index is 0.126. The van der Waals surface area contributed by atoms with Gasteiger partial charge in [-0.1, -0.05) is 30.3 Å². The molecule has 1 amide bonds. The first kappa shape index (κ1) is 18.4. The Morgan fingerprint density at radius 3 is 2.72 bits per heavy atom. The van der Waals surface area contributed by atoms with E-state index in [1.54, 1.807) is 0 Å². The van der Waals surface area contributed by atoms with Crippen molar-refractivity contribution < 1.29 is 9.53 Å². The van der Waals surface area contributed by atoms with E-state index in [1.165, 1.54) is 5.56 Å². The van der Waals surface area contributed by atoms with Crippen LogP contribution < -0.4 is 10.6 Å². The van der Waals surface area contributed by atoms with E-state index in [4.69, 9.17) is 4.74 Å². The number of hydrogen-bond acceptors (Lipinski definition) is 4. The number of amides is 1. The summed E-state index contributed by atoms with van der Waals surface area (Å²) in [6.07, 6.45) is 5.54. The van der Waals surface area contributed by atoms with Crippen LogP contribution >= 0.6 is 0 Å². The van der Waals surface area contributed by atoms with Gasteiger partial charge in [-0.3, -0.25) is 9.69 Å². The van der Waals surface area contributed by atoms with Gasteiger partial charge in [0.1, 0.15) is 0 Å². The molecule has 2 fully saturated rings. The summed E-state index contributed by atoms with van der Waals surface area (Å²) in [6.45, 7) is 3.20. The summed E-state index contributed by atoms with van der Waals surface area (Å²) in [6, 6.07) is 10.9. The standard InChI is InChI=1S/C20H31N3O2/c1-23(17-10-12-21-13-11-17)14-20(24)22-18-8-5-9-19(18)25-15-16-6-3-2-4-7-16/h2-4,6-7,17-19,21H,5,8-15H2,1H3,(H,22,24)/t18-,19-/m1/s1. The zero-order valence-electron chi connectivity index (χ0n) is 15.2. The highest BCUT2D eigenvalue weighted by Crippen LogP contribution is 2.23. The third-order valence-electron chi connectivity index (χ3n) is 5.43. The number of nitrogens with one attached hydrogen (secondary N) is 2. The third-order valence-corrected chi connectivity index (χ3v) is 5.43. The first-order chi connectivity index (χ1) is 12.2. The van der Waals surface area contributed by atoms with Crippen molar-refractivity contribution in [3.05, 3.63) is 35.9 Å². The van der Waals surface area contributed by atoms with Gasteiger partial charge in [0.15, 0.2) is 0 Å². The van der Waals surface area contributed by atoms with Crippen LogP contribution in [0.4, 0.5) is 0 Å². The molecule has 1 heterocycles. The lowest BCUT2D eigenvalue weighted by Crippen LogP contribution is -2.48. The molecule has 25 heavy (non-hydrogen) atoms. The van der Waals surface area contributed by atoms with Gasteiger partial charge in [0.2, 0.25) is 5.91 Å². The molecule has 5 heteroatoms. The lowest BCUT2D eigenvalue weighted by molar-refractivity contribution is -0.124. The van der Waals surface area contributed by atoms with Crippen molar-refractivity contribution in [2.75, 3.05) is 26.7 Å². The van der Waals surface area contributed by atoms with E-state index < -0.39 is 0 Å². The molecule has 138 valence electrons. The van der Waals surface area contributed by atoms with Crippen molar-refractivity contribution in [2.24, 2.45) is 0 Å². The normalized spacial score (nSPS) is 24.6. The second-order valence-corrected chi connectivity index (χ2v) is 7.34. The fourth-order valence-electron chi connectivity index (χ4n) is 3.92. The van der Waals surface area contributed by atoms with Gasteiger partial charge >= 0.3 is 0 Å². The molecule has 1 aliphatic carbocycles.